The minimum absolute atomic E-state index is 0.0212. The Morgan fingerprint density at radius 3 is 2.57 bits per heavy atom. The molecule has 1 heterocycles. The normalized spacial score (nSPS) is 12.3. The van der Waals surface area contributed by atoms with Crippen molar-refractivity contribution in [3.05, 3.63) is 46.9 Å². The van der Waals surface area contributed by atoms with E-state index in [0.29, 0.717) is 17.8 Å². The van der Waals surface area contributed by atoms with Crippen molar-refractivity contribution in [2.45, 2.75) is 37.8 Å². The molecule has 1 aromatic carbocycles. The largest absolute Gasteiger partial charge is 0.497 e. The molecule has 0 spiro atoms. The minimum atomic E-state index is -0.146. The quantitative estimate of drug-likeness (QED) is 0.537. The van der Waals surface area contributed by atoms with E-state index < -0.39 is 0 Å². The molecule has 6 nitrogen and oxygen atoms in total. The van der Waals surface area contributed by atoms with Crippen LogP contribution in [0.4, 0.5) is 0 Å². The highest BCUT2D eigenvalue weighted by Gasteiger charge is 2.21. The molecule has 0 aliphatic heterocycles. The van der Waals surface area contributed by atoms with Crippen molar-refractivity contribution in [1.82, 2.24) is 20.2 Å². The molecule has 0 radical (unpaired) electrons. The van der Waals surface area contributed by atoms with E-state index in [9.17, 15) is 4.79 Å². The van der Waals surface area contributed by atoms with Crippen molar-refractivity contribution in [2.75, 3.05) is 34.0 Å². The van der Waals surface area contributed by atoms with E-state index in [-0.39, 0.29) is 17.9 Å². The van der Waals surface area contributed by atoms with Gasteiger partial charge in [0.25, 0.3) is 5.91 Å². The van der Waals surface area contributed by atoms with Gasteiger partial charge >= 0.3 is 0 Å². The molecule has 1 atom stereocenters. The molecule has 28 heavy (non-hydrogen) atoms. The molecule has 0 saturated carbocycles. The second-order valence-electron chi connectivity index (χ2n) is 7.17. The zero-order valence-corrected chi connectivity index (χ0v) is 18.6. The van der Waals surface area contributed by atoms with E-state index in [1.807, 2.05) is 51.5 Å². The molecule has 1 aromatic heterocycles. The lowest BCUT2D eigenvalue weighted by atomic mass is 10.1. The van der Waals surface area contributed by atoms with Gasteiger partial charge < -0.3 is 15.0 Å². The Balaban J connectivity index is 2.23. The number of thioether (sulfide) groups is 1. The number of rotatable bonds is 8. The summed E-state index contributed by atoms with van der Waals surface area (Å²) in [5.74, 6) is 1.63. The van der Waals surface area contributed by atoms with Crippen molar-refractivity contribution in [3.63, 3.8) is 0 Å². The van der Waals surface area contributed by atoms with Crippen LogP contribution in [-0.2, 0) is 0 Å². The monoisotopic (exact) mass is 402 g/mol. The maximum absolute atomic E-state index is 13.0. The first-order chi connectivity index (χ1) is 13.3. The first-order valence-corrected chi connectivity index (χ1v) is 10.5. The Morgan fingerprint density at radius 1 is 1.29 bits per heavy atom. The van der Waals surface area contributed by atoms with E-state index >= 15 is 0 Å². The van der Waals surface area contributed by atoms with Gasteiger partial charge in [-0.3, -0.25) is 4.79 Å². The molecule has 2 rings (SSSR count). The smallest absolute Gasteiger partial charge is 0.255 e. The number of carbonyl (C=O) groups excluding carboxylic acids is 1. The maximum atomic E-state index is 13.0. The number of benzene rings is 1. The Bertz CT molecular complexity index is 824. The topological polar surface area (TPSA) is 67.3 Å². The number of amides is 1. The second kappa shape index (κ2) is 9.89. The molecule has 0 aliphatic rings. The zero-order chi connectivity index (χ0) is 20.8. The van der Waals surface area contributed by atoms with Gasteiger partial charge in [-0.05, 0) is 45.0 Å². The van der Waals surface area contributed by atoms with Gasteiger partial charge in [0.2, 0.25) is 0 Å². The molecule has 152 valence electrons. The average Bonchev–Trinajstić information content (AvgIpc) is 2.66. The van der Waals surface area contributed by atoms with Crippen LogP contribution in [-0.4, -0.2) is 54.8 Å². The van der Waals surface area contributed by atoms with Gasteiger partial charge in [0, 0.05) is 12.5 Å². The molecular weight excluding hydrogens is 372 g/mol. The predicted molar refractivity (Wildman–Crippen MR) is 114 cm³/mol. The highest BCUT2D eigenvalue weighted by atomic mass is 32.2. The molecule has 1 N–H and O–H groups in total. The number of aryl methyl sites for hydroxylation is 1. The van der Waals surface area contributed by atoms with E-state index in [0.717, 1.165) is 22.2 Å². The fourth-order valence-corrected chi connectivity index (χ4v) is 3.59. The average molecular weight is 403 g/mol. The first kappa shape index (κ1) is 22.2. The summed E-state index contributed by atoms with van der Waals surface area (Å²) in [7, 11) is 5.64. The number of nitrogens with one attached hydrogen (secondary N) is 1. The Hall–Kier alpha value is -2.12. The number of hydrogen-bond donors (Lipinski definition) is 1. The standard InChI is InChI=1S/C21H30N4O2S/c1-13(2)19-23-14(3)18(21(24-19)28-7)20(26)22-12-17(25(4)5)15-9-8-10-16(11-15)27-6/h8-11,13,17H,12H2,1-7H3,(H,22,26). The highest BCUT2D eigenvalue weighted by molar-refractivity contribution is 7.98. The lowest BCUT2D eigenvalue weighted by Gasteiger charge is -2.25. The Labute approximate surface area is 172 Å². The Morgan fingerprint density at radius 2 is 2.00 bits per heavy atom. The summed E-state index contributed by atoms with van der Waals surface area (Å²) < 4.78 is 5.33. The zero-order valence-electron chi connectivity index (χ0n) is 17.7. The van der Waals surface area contributed by atoms with Crippen molar-refractivity contribution in [1.29, 1.82) is 0 Å². The number of likely N-dealkylation sites (N-methyl/N-ethyl adjacent to an activating group) is 1. The number of nitrogens with zero attached hydrogens (tertiary/aromatic N) is 3. The molecule has 0 bridgehead atoms. The van der Waals surface area contributed by atoms with Crippen LogP contribution in [0.15, 0.2) is 29.3 Å². The number of ether oxygens (including phenoxy) is 1. The van der Waals surface area contributed by atoms with E-state index in [4.69, 9.17) is 4.74 Å². The minimum Gasteiger partial charge on any atom is -0.497 e. The first-order valence-electron chi connectivity index (χ1n) is 9.29. The van der Waals surface area contributed by atoms with Gasteiger partial charge in [0.1, 0.15) is 16.6 Å². The van der Waals surface area contributed by atoms with E-state index in [1.54, 1.807) is 7.11 Å². The summed E-state index contributed by atoms with van der Waals surface area (Å²) in [5, 5.41) is 3.78. The van der Waals surface area contributed by atoms with Gasteiger partial charge in [-0.15, -0.1) is 11.8 Å². The molecule has 2 aromatic rings. The highest BCUT2D eigenvalue weighted by Crippen LogP contribution is 2.25. The third-order valence-electron chi connectivity index (χ3n) is 4.57. The molecule has 1 unspecified atom stereocenters. The third kappa shape index (κ3) is 5.23. The predicted octanol–water partition coefficient (Wildman–Crippen LogP) is 3.67. The van der Waals surface area contributed by atoms with Gasteiger partial charge in [-0.2, -0.15) is 0 Å². The van der Waals surface area contributed by atoms with Crippen LogP contribution in [0.2, 0.25) is 0 Å². The van der Waals surface area contributed by atoms with Gasteiger partial charge in [-0.1, -0.05) is 26.0 Å². The van der Waals surface area contributed by atoms with Gasteiger partial charge in [0.05, 0.1) is 24.4 Å². The third-order valence-corrected chi connectivity index (χ3v) is 5.25. The van der Waals surface area contributed by atoms with Crippen LogP contribution in [0.5, 0.6) is 5.75 Å². The van der Waals surface area contributed by atoms with Crippen molar-refractivity contribution in [3.8, 4) is 5.75 Å². The fourth-order valence-electron chi connectivity index (χ4n) is 2.96. The molecule has 7 heteroatoms. The van der Waals surface area contributed by atoms with Crippen LogP contribution in [0, 0.1) is 6.92 Å². The molecule has 0 fully saturated rings. The summed E-state index contributed by atoms with van der Waals surface area (Å²) in [6.07, 6.45) is 1.93. The van der Waals surface area contributed by atoms with Crippen LogP contribution in [0.25, 0.3) is 0 Å². The van der Waals surface area contributed by atoms with Gasteiger partial charge in [0.15, 0.2) is 0 Å². The fraction of sp³-hybridized carbons (Fsp3) is 0.476. The number of hydrogen-bond acceptors (Lipinski definition) is 6. The van der Waals surface area contributed by atoms with Crippen LogP contribution >= 0.6 is 11.8 Å². The van der Waals surface area contributed by atoms with Crippen LogP contribution in [0.3, 0.4) is 0 Å². The lowest BCUT2D eigenvalue weighted by molar-refractivity contribution is 0.0937. The van der Waals surface area contributed by atoms with Crippen LogP contribution < -0.4 is 10.1 Å². The summed E-state index contributed by atoms with van der Waals surface area (Å²) >= 11 is 1.47. The van der Waals surface area contributed by atoms with E-state index in [2.05, 4.69) is 34.0 Å². The number of methoxy groups -OCH3 is 1. The molecule has 0 saturated heterocycles. The second-order valence-corrected chi connectivity index (χ2v) is 7.97. The van der Waals surface area contributed by atoms with Gasteiger partial charge in [-0.25, -0.2) is 9.97 Å². The summed E-state index contributed by atoms with van der Waals surface area (Å²) in [5.41, 5.74) is 2.35. The molecule has 1 amide bonds. The van der Waals surface area contributed by atoms with Crippen molar-refractivity contribution in [2.24, 2.45) is 0 Å². The number of carbonyl (C=O) groups is 1. The number of aromatic nitrogens is 2. The van der Waals surface area contributed by atoms with E-state index in [1.165, 1.54) is 11.8 Å². The SMILES string of the molecule is COc1cccc(C(CNC(=O)c2c(C)nc(C(C)C)nc2SC)N(C)C)c1. The summed E-state index contributed by atoms with van der Waals surface area (Å²) in [4.78, 5) is 24.2. The van der Waals surface area contributed by atoms with Crippen molar-refractivity contribution >= 4 is 17.7 Å². The van der Waals surface area contributed by atoms with Crippen LogP contribution in [0.1, 0.15) is 53.2 Å². The Kier molecular flexibility index (Phi) is 7.83. The van der Waals surface area contributed by atoms with Crippen molar-refractivity contribution < 1.29 is 9.53 Å². The lowest BCUT2D eigenvalue weighted by Crippen LogP contribution is -2.35. The summed E-state index contributed by atoms with van der Waals surface area (Å²) in [6, 6.07) is 7.93. The summed E-state index contributed by atoms with van der Waals surface area (Å²) in [6.45, 7) is 6.44. The molecular formula is C21H30N4O2S. The molecule has 0 aliphatic carbocycles. The maximum Gasteiger partial charge on any atom is 0.255 e.